The Hall–Kier alpha value is -0.0500. The number of halogens is 1. The van der Waals surface area contributed by atoms with Gasteiger partial charge in [0.15, 0.2) is 0 Å². The van der Waals surface area contributed by atoms with Crippen molar-refractivity contribution >= 4 is 22.9 Å². The van der Waals surface area contributed by atoms with Gasteiger partial charge in [-0.3, -0.25) is 0 Å². The van der Waals surface area contributed by atoms with Crippen LogP contribution in [0.3, 0.4) is 0 Å². The second-order valence-corrected chi connectivity index (χ2v) is 5.32. The predicted molar refractivity (Wildman–Crippen MR) is 53.7 cm³/mol. The molecule has 0 aromatic carbocycles. The van der Waals surface area contributed by atoms with Crippen LogP contribution >= 0.6 is 22.9 Å². The van der Waals surface area contributed by atoms with Crippen molar-refractivity contribution in [2.24, 2.45) is 5.41 Å². The van der Waals surface area contributed by atoms with Gasteiger partial charge in [0.1, 0.15) is 0 Å². The van der Waals surface area contributed by atoms with E-state index in [1.807, 2.05) is 32.2 Å². The fraction of sp³-hybridized carbons (Fsp3) is 0.556. The Morgan fingerprint density at radius 2 is 2.08 bits per heavy atom. The number of hydrogen-bond acceptors (Lipinski definition) is 2. The van der Waals surface area contributed by atoms with E-state index >= 15 is 0 Å². The van der Waals surface area contributed by atoms with Crippen molar-refractivity contribution in [3.05, 3.63) is 21.3 Å². The van der Waals surface area contributed by atoms with E-state index in [0.29, 0.717) is 5.02 Å². The van der Waals surface area contributed by atoms with Crippen molar-refractivity contribution in [2.75, 3.05) is 0 Å². The number of aliphatic hydroxyl groups excluding tert-OH is 1. The van der Waals surface area contributed by atoms with E-state index in [-0.39, 0.29) is 5.41 Å². The Morgan fingerprint density at radius 1 is 1.50 bits per heavy atom. The van der Waals surface area contributed by atoms with Gasteiger partial charge in [0.05, 0.1) is 11.1 Å². The Balaban J connectivity index is 2.85. The molecule has 1 atom stereocenters. The van der Waals surface area contributed by atoms with Gasteiger partial charge in [-0.1, -0.05) is 32.4 Å². The molecule has 0 bridgehead atoms. The van der Waals surface area contributed by atoms with Gasteiger partial charge in [-0.2, -0.15) is 0 Å². The first kappa shape index (κ1) is 10.0. The third-order valence-electron chi connectivity index (χ3n) is 1.68. The van der Waals surface area contributed by atoms with Crippen molar-refractivity contribution in [1.29, 1.82) is 0 Å². The first-order chi connectivity index (χ1) is 5.41. The summed E-state index contributed by atoms with van der Waals surface area (Å²) in [6, 6.07) is 1.82. The maximum Gasteiger partial charge on any atom is 0.0930 e. The number of aliphatic hydroxyl groups is 1. The van der Waals surface area contributed by atoms with E-state index in [2.05, 4.69) is 0 Å². The summed E-state index contributed by atoms with van der Waals surface area (Å²) in [4.78, 5) is 0.938. The van der Waals surface area contributed by atoms with E-state index in [1.54, 1.807) is 0 Å². The van der Waals surface area contributed by atoms with Crippen LogP contribution in [-0.2, 0) is 0 Å². The Kier molecular flexibility index (Phi) is 2.81. The van der Waals surface area contributed by atoms with Crippen LogP contribution in [0, 0.1) is 5.41 Å². The van der Waals surface area contributed by atoms with Crippen LogP contribution in [-0.4, -0.2) is 5.11 Å². The lowest BCUT2D eigenvalue weighted by Gasteiger charge is -2.24. The predicted octanol–water partition coefficient (Wildman–Crippen LogP) is 3.48. The molecule has 0 saturated heterocycles. The van der Waals surface area contributed by atoms with Crippen LogP contribution in [0.15, 0.2) is 11.4 Å². The van der Waals surface area contributed by atoms with Crippen LogP contribution in [0.2, 0.25) is 5.02 Å². The van der Waals surface area contributed by atoms with Gasteiger partial charge in [0.2, 0.25) is 0 Å². The zero-order chi connectivity index (χ0) is 9.35. The number of thiophene rings is 1. The Morgan fingerprint density at radius 3 is 2.42 bits per heavy atom. The number of rotatable bonds is 1. The van der Waals surface area contributed by atoms with Gasteiger partial charge < -0.3 is 5.11 Å². The highest BCUT2D eigenvalue weighted by atomic mass is 35.5. The molecule has 12 heavy (non-hydrogen) atoms. The molecule has 1 aromatic heterocycles. The minimum Gasteiger partial charge on any atom is -0.387 e. The first-order valence-corrected chi connectivity index (χ1v) is 5.09. The Bertz CT molecular complexity index is 262. The van der Waals surface area contributed by atoms with Crippen molar-refractivity contribution in [1.82, 2.24) is 0 Å². The molecule has 1 unspecified atom stereocenters. The second kappa shape index (κ2) is 3.36. The van der Waals surface area contributed by atoms with Gasteiger partial charge >= 0.3 is 0 Å². The second-order valence-electron chi connectivity index (χ2n) is 3.94. The molecule has 3 heteroatoms. The minimum atomic E-state index is -0.421. The summed E-state index contributed by atoms with van der Waals surface area (Å²) in [6.45, 7) is 6.02. The third-order valence-corrected chi connectivity index (χ3v) is 3.01. The summed E-state index contributed by atoms with van der Waals surface area (Å²) >= 11 is 7.26. The standard InChI is InChI=1S/C9H13ClOS/c1-9(2,3)8(11)7-4-6(10)5-12-7/h4-5,8,11H,1-3H3. The van der Waals surface area contributed by atoms with Gasteiger partial charge in [0, 0.05) is 10.3 Å². The highest BCUT2D eigenvalue weighted by Crippen LogP contribution is 2.36. The normalized spacial score (nSPS) is 14.8. The van der Waals surface area contributed by atoms with Gasteiger partial charge in [-0.05, 0) is 11.5 Å². The van der Waals surface area contributed by atoms with E-state index in [9.17, 15) is 5.11 Å². The molecule has 0 aliphatic rings. The van der Waals surface area contributed by atoms with Crippen LogP contribution in [0.4, 0.5) is 0 Å². The molecule has 1 nitrogen and oxygen atoms in total. The summed E-state index contributed by atoms with van der Waals surface area (Å²) in [6.07, 6.45) is -0.421. The van der Waals surface area contributed by atoms with E-state index in [4.69, 9.17) is 11.6 Å². The van der Waals surface area contributed by atoms with Crippen LogP contribution in [0.25, 0.3) is 0 Å². The summed E-state index contributed by atoms with van der Waals surface area (Å²) in [5.74, 6) is 0. The lowest BCUT2D eigenvalue weighted by atomic mass is 9.88. The van der Waals surface area contributed by atoms with Crippen molar-refractivity contribution in [3.8, 4) is 0 Å². The zero-order valence-electron chi connectivity index (χ0n) is 7.47. The molecule has 1 N–H and O–H groups in total. The van der Waals surface area contributed by atoms with Crippen LogP contribution in [0.1, 0.15) is 31.8 Å². The average Bonchev–Trinajstić information content (AvgIpc) is 2.32. The molecule has 1 heterocycles. The molecule has 0 aliphatic carbocycles. The van der Waals surface area contributed by atoms with Gasteiger partial charge in [0.25, 0.3) is 0 Å². The van der Waals surface area contributed by atoms with Crippen molar-refractivity contribution in [3.63, 3.8) is 0 Å². The quantitative estimate of drug-likeness (QED) is 0.743. The van der Waals surface area contributed by atoms with E-state index < -0.39 is 6.10 Å². The summed E-state index contributed by atoms with van der Waals surface area (Å²) in [5.41, 5.74) is -0.117. The maximum atomic E-state index is 9.82. The van der Waals surface area contributed by atoms with E-state index in [1.165, 1.54) is 11.3 Å². The zero-order valence-corrected chi connectivity index (χ0v) is 9.04. The average molecular weight is 205 g/mol. The van der Waals surface area contributed by atoms with Crippen LogP contribution < -0.4 is 0 Å². The SMILES string of the molecule is CC(C)(C)C(O)c1cc(Cl)cs1. The van der Waals surface area contributed by atoms with E-state index in [0.717, 1.165) is 4.88 Å². The lowest BCUT2D eigenvalue weighted by molar-refractivity contribution is 0.0658. The molecule has 68 valence electrons. The lowest BCUT2D eigenvalue weighted by Crippen LogP contribution is -2.16. The Labute approximate surface area is 82.0 Å². The summed E-state index contributed by atoms with van der Waals surface area (Å²) in [5, 5.41) is 12.4. The molecule has 0 radical (unpaired) electrons. The first-order valence-electron chi connectivity index (χ1n) is 3.83. The summed E-state index contributed by atoms with van der Waals surface area (Å²) < 4.78 is 0. The minimum absolute atomic E-state index is 0.117. The molecule has 0 aliphatic heterocycles. The smallest absolute Gasteiger partial charge is 0.0930 e. The molecular formula is C9H13ClOS. The van der Waals surface area contributed by atoms with Crippen molar-refractivity contribution in [2.45, 2.75) is 26.9 Å². The topological polar surface area (TPSA) is 20.2 Å². The maximum absolute atomic E-state index is 9.82. The van der Waals surface area contributed by atoms with Gasteiger partial charge in [-0.25, -0.2) is 0 Å². The molecule has 1 aromatic rings. The van der Waals surface area contributed by atoms with Crippen LogP contribution in [0.5, 0.6) is 0 Å². The highest BCUT2D eigenvalue weighted by Gasteiger charge is 2.24. The third kappa shape index (κ3) is 2.22. The largest absolute Gasteiger partial charge is 0.387 e. The number of hydrogen-bond donors (Lipinski definition) is 1. The fourth-order valence-corrected chi connectivity index (χ4v) is 2.21. The molecular weight excluding hydrogens is 192 g/mol. The molecule has 0 saturated carbocycles. The molecule has 0 spiro atoms. The van der Waals surface area contributed by atoms with Gasteiger partial charge in [-0.15, -0.1) is 11.3 Å². The summed E-state index contributed by atoms with van der Waals surface area (Å²) in [7, 11) is 0. The molecule has 0 amide bonds. The molecule has 1 rings (SSSR count). The highest BCUT2D eigenvalue weighted by molar-refractivity contribution is 7.10. The molecule has 0 fully saturated rings. The van der Waals surface area contributed by atoms with Crippen molar-refractivity contribution < 1.29 is 5.11 Å². The fourth-order valence-electron chi connectivity index (χ4n) is 0.898. The monoisotopic (exact) mass is 204 g/mol.